The van der Waals surface area contributed by atoms with Gasteiger partial charge in [0.05, 0.1) is 20.6 Å². The molecule has 4 aromatic rings. The van der Waals surface area contributed by atoms with Crippen molar-refractivity contribution >= 4 is 51.6 Å². The number of hydrogen-bond acceptors (Lipinski definition) is 8. The third-order valence-corrected chi connectivity index (χ3v) is 8.84. The Hall–Kier alpha value is -2.89. The molecule has 5 heterocycles. The Morgan fingerprint density at radius 3 is 2.62 bits per heavy atom. The third kappa shape index (κ3) is 4.55. The number of carbonyl (C=O) groups excluding carboxylic acids is 2. The SMILES string of the molecule is Cc1nc(C)c(C(=O)N2CCC(c3nc(C(=O)Nc4cc(-c5cccs5)nn4C)cs3)CC2)s1. The third-order valence-electron chi connectivity index (χ3n) is 5.88. The van der Waals surface area contributed by atoms with Crippen molar-refractivity contribution in [3.63, 3.8) is 0 Å². The Morgan fingerprint density at radius 2 is 1.94 bits per heavy atom. The van der Waals surface area contributed by atoms with Crippen LogP contribution in [0.4, 0.5) is 5.82 Å². The number of rotatable bonds is 5. The molecule has 0 spiro atoms. The van der Waals surface area contributed by atoms with Crippen LogP contribution in [0.25, 0.3) is 10.6 Å². The van der Waals surface area contributed by atoms with Crippen molar-refractivity contribution in [2.45, 2.75) is 32.6 Å². The number of anilines is 1. The zero-order valence-corrected chi connectivity index (χ0v) is 21.5. The van der Waals surface area contributed by atoms with Gasteiger partial charge in [0.2, 0.25) is 0 Å². The number of carbonyl (C=O) groups is 2. The Kier molecular flexibility index (Phi) is 6.32. The number of nitrogens with zero attached hydrogens (tertiary/aromatic N) is 5. The summed E-state index contributed by atoms with van der Waals surface area (Å²) < 4.78 is 1.67. The second-order valence-electron chi connectivity index (χ2n) is 8.25. The van der Waals surface area contributed by atoms with Gasteiger partial charge in [0.25, 0.3) is 11.8 Å². The summed E-state index contributed by atoms with van der Waals surface area (Å²) in [6.07, 6.45) is 1.67. The van der Waals surface area contributed by atoms with Gasteiger partial charge >= 0.3 is 0 Å². The molecule has 1 aliphatic heterocycles. The maximum Gasteiger partial charge on any atom is 0.276 e. The summed E-state index contributed by atoms with van der Waals surface area (Å²) in [4.78, 5) is 38.4. The van der Waals surface area contributed by atoms with E-state index >= 15 is 0 Å². The zero-order valence-electron chi connectivity index (χ0n) is 19.1. The molecular formula is C23H24N6O2S3. The molecule has 0 atom stereocenters. The molecular weight excluding hydrogens is 488 g/mol. The number of aromatic nitrogens is 4. The van der Waals surface area contributed by atoms with Crippen molar-refractivity contribution in [3.8, 4) is 10.6 Å². The van der Waals surface area contributed by atoms with E-state index in [1.54, 1.807) is 16.0 Å². The average Bonchev–Trinajstić information content (AvgIpc) is 3.61. The first-order chi connectivity index (χ1) is 16.4. The van der Waals surface area contributed by atoms with Crippen LogP contribution < -0.4 is 5.32 Å². The van der Waals surface area contributed by atoms with Crippen LogP contribution in [0, 0.1) is 13.8 Å². The Balaban J connectivity index is 1.20. The highest BCUT2D eigenvalue weighted by atomic mass is 32.1. The van der Waals surface area contributed by atoms with Crippen molar-refractivity contribution in [1.82, 2.24) is 24.6 Å². The van der Waals surface area contributed by atoms with E-state index in [0.717, 1.165) is 44.0 Å². The van der Waals surface area contributed by atoms with Gasteiger partial charge in [-0.3, -0.25) is 14.3 Å². The molecule has 4 aromatic heterocycles. The lowest BCUT2D eigenvalue weighted by Crippen LogP contribution is -2.37. The molecule has 34 heavy (non-hydrogen) atoms. The standard InChI is InChI=1S/C23H24N6O2S3/c1-13-20(34-14(2)24-13)23(31)29-8-6-15(7-9-29)22-25-17(12-33-22)21(30)26-19-11-16(27-28(19)3)18-5-4-10-32-18/h4-5,10-12,15H,6-9H2,1-3H3,(H,26,30). The topological polar surface area (TPSA) is 93.0 Å². The largest absolute Gasteiger partial charge is 0.338 e. The fourth-order valence-corrected chi connectivity index (χ4v) is 6.63. The average molecular weight is 513 g/mol. The summed E-state index contributed by atoms with van der Waals surface area (Å²) in [6.45, 7) is 5.18. The van der Waals surface area contributed by atoms with Crippen LogP contribution in [0.2, 0.25) is 0 Å². The highest BCUT2D eigenvalue weighted by molar-refractivity contribution is 7.14. The lowest BCUT2D eigenvalue weighted by molar-refractivity contribution is 0.0717. The van der Waals surface area contributed by atoms with Gasteiger partial charge in [-0.15, -0.1) is 34.0 Å². The van der Waals surface area contributed by atoms with Crippen LogP contribution in [0.5, 0.6) is 0 Å². The van der Waals surface area contributed by atoms with E-state index in [0.29, 0.717) is 24.6 Å². The fourth-order valence-electron chi connectivity index (χ4n) is 4.09. The summed E-state index contributed by atoms with van der Waals surface area (Å²) in [5.74, 6) is 0.705. The van der Waals surface area contributed by atoms with Gasteiger partial charge in [0.1, 0.15) is 22.1 Å². The number of thiophene rings is 1. The number of thiazole rings is 2. The summed E-state index contributed by atoms with van der Waals surface area (Å²) in [5, 5.41) is 13.1. The number of piperidine rings is 1. The first-order valence-electron chi connectivity index (χ1n) is 11.0. The molecule has 1 N–H and O–H groups in total. The molecule has 8 nitrogen and oxygen atoms in total. The van der Waals surface area contributed by atoms with Gasteiger partial charge in [-0.25, -0.2) is 9.97 Å². The van der Waals surface area contributed by atoms with Crippen molar-refractivity contribution in [2.24, 2.45) is 7.05 Å². The first-order valence-corrected chi connectivity index (χ1v) is 13.5. The predicted octanol–water partition coefficient (Wildman–Crippen LogP) is 4.95. The van der Waals surface area contributed by atoms with Crippen LogP contribution in [0.1, 0.15) is 54.6 Å². The van der Waals surface area contributed by atoms with Gasteiger partial charge in [0.15, 0.2) is 0 Å². The summed E-state index contributed by atoms with van der Waals surface area (Å²) in [7, 11) is 1.81. The highest BCUT2D eigenvalue weighted by Crippen LogP contribution is 2.32. The van der Waals surface area contributed by atoms with E-state index < -0.39 is 0 Å². The molecule has 0 saturated carbocycles. The fraction of sp³-hybridized carbons (Fsp3) is 0.348. The van der Waals surface area contributed by atoms with E-state index in [9.17, 15) is 9.59 Å². The molecule has 1 fully saturated rings. The Bertz CT molecular complexity index is 1330. The van der Waals surface area contributed by atoms with Crippen molar-refractivity contribution in [1.29, 1.82) is 0 Å². The molecule has 0 bridgehead atoms. The number of aryl methyl sites for hydroxylation is 3. The van der Waals surface area contributed by atoms with E-state index in [-0.39, 0.29) is 17.7 Å². The normalized spacial score (nSPS) is 14.5. The molecule has 176 valence electrons. The van der Waals surface area contributed by atoms with Gasteiger partial charge in [-0.2, -0.15) is 5.10 Å². The number of nitrogens with one attached hydrogen (secondary N) is 1. The maximum absolute atomic E-state index is 12.9. The smallest absolute Gasteiger partial charge is 0.276 e. The zero-order chi connectivity index (χ0) is 23.8. The molecule has 0 aliphatic carbocycles. The van der Waals surface area contributed by atoms with Crippen molar-refractivity contribution in [3.05, 3.63) is 55.2 Å². The van der Waals surface area contributed by atoms with Crippen molar-refractivity contribution in [2.75, 3.05) is 18.4 Å². The highest BCUT2D eigenvalue weighted by Gasteiger charge is 2.28. The second kappa shape index (κ2) is 9.40. The molecule has 2 amide bonds. The summed E-state index contributed by atoms with van der Waals surface area (Å²) in [6, 6.07) is 5.85. The van der Waals surface area contributed by atoms with Crippen LogP contribution in [0.15, 0.2) is 29.0 Å². The number of hydrogen-bond donors (Lipinski definition) is 1. The quantitative estimate of drug-likeness (QED) is 0.408. The number of amides is 2. The van der Waals surface area contributed by atoms with Crippen LogP contribution >= 0.6 is 34.0 Å². The lowest BCUT2D eigenvalue weighted by Gasteiger charge is -2.30. The molecule has 0 radical (unpaired) electrons. The minimum atomic E-state index is -0.244. The Labute approximate surface area is 209 Å². The second-order valence-corrected chi connectivity index (χ2v) is 11.3. The minimum absolute atomic E-state index is 0.0684. The first kappa shape index (κ1) is 22.9. The molecule has 11 heteroatoms. The molecule has 5 rings (SSSR count). The monoisotopic (exact) mass is 512 g/mol. The van der Waals surface area contributed by atoms with Crippen LogP contribution in [-0.2, 0) is 7.05 Å². The van der Waals surface area contributed by atoms with Gasteiger partial charge in [0, 0.05) is 37.5 Å². The van der Waals surface area contributed by atoms with E-state index in [4.69, 9.17) is 0 Å². The van der Waals surface area contributed by atoms with E-state index in [1.165, 1.54) is 22.7 Å². The van der Waals surface area contributed by atoms with E-state index in [2.05, 4.69) is 20.4 Å². The van der Waals surface area contributed by atoms with Crippen LogP contribution in [0.3, 0.4) is 0 Å². The minimum Gasteiger partial charge on any atom is -0.338 e. The molecule has 0 unspecified atom stereocenters. The van der Waals surface area contributed by atoms with Crippen LogP contribution in [-0.4, -0.2) is 49.6 Å². The summed E-state index contributed by atoms with van der Waals surface area (Å²) >= 11 is 4.58. The summed E-state index contributed by atoms with van der Waals surface area (Å²) in [5.41, 5.74) is 2.05. The van der Waals surface area contributed by atoms with Gasteiger partial charge in [-0.1, -0.05) is 6.07 Å². The predicted molar refractivity (Wildman–Crippen MR) is 136 cm³/mol. The van der Waals surface area contributed by atoms with Gasteiger partial charge in [-0.05, 0) is 38.1 Å². The molecule has 1 saturated heterocycles. The molecule has 1 aliphatic rings. The maximum atomic E-state index is 12.9. The van der Waals surface area contributed by atoms with Gasteiger partial charge < -0.3 is 10.2 Å². The van der Waals surface area contributed by atoms with E-state index in [1.807, 2.05) is 54.8 Å². The lowest BCUT2D eigenvalue weighted by atomic mass is 9.97. The Morgan fingerprint density at radius 1 is 1.15 bits per heavy atom. The van der Waals surface area contributed by atoms with Crippen molar-refractivity contribution < 1.29 is 9.59 Å². The molecule has 0 aromatic carbocycles. The number of likely N-dealkylation sites (tertiary alicyclic amines) is 1.